The molecule has 1 atom stereocenters. The fourth-order valence-electron chi connectivity index (χ4n) is 2.09. The zero-order valence-corrected chi connectivity index (χ0v) is 10.4. The van der Waals surface area contributed by atoms with E-state index in [2.05, 4.69) is 21.2 Å². The Labute approximate surface area is 98.2 Å². The number of hydrogen-bond donors (Lipinski definition) is 1. The van der Waals surface area contributed by atoms with Crippen molar-refractivity contribution in [1.82, 2.24) is 5.32 Å². The third kappa shape index (κ3) is 2.40. The molecule has 0 spiro atoms. The first-order chi connectivity index (χ1) is 7.18. The van der Waals surface area contributed by atoms with Gasteiger partial charge < -0.3 is 5.32 Å². The number of benzene rings is 1. The van der Waals surface area contributed by atoms with Crippen molar-refractivity contribution in [2.45, 2.75) is 32.2 Å². The summed E-state index contributed by atoms with van der Waals surface area (Å²) >= 11 is 3.26. The van der Waals surface area contributed by atoms with Crippen LogP contribution in [0.5, 0.6) is 0 Å². The molecule has 0 bridgehead atoms. The quantitative estimate of drug-likeness (QED) is 0.821. The number of piperidine rings is 1. The van der Waals surface area contributed by atoms with Gasteiger partial charge in [0.25, 0.3) is 0 Å². The molecule has 0 amide bonds. The first-order valence-electron chi connectivity index (χ1n) is 5.37. The molecule has 0 saturated carbocycles. The second-order valence-corrected chi connectivity index (χ2v) is 4.99. The highest BCUT2D eigenvalue weighted by molar-refractivity contribution is 9.10. The van der Waals surface area contributed by atoms with Crippen LogP contribution in [0.15, 0.2) is 16.6 Å². The van der Waals surface area contributed by atoms with Crippen molar-refractivity contribution in [3.05, 3.63) is 33.5 Å². The predicted octanol–water partition coefficient (Wildman–Crippen LogP) is 3.71. The predicted molar refractivity (Wildman–Crippen MR) is 63.4 cm³/mol. The number of hydrogen-bond acceptors (Lipinski definition) is 1. The van der Waals surface area contributed by atoms with Gasteiger partial charge in [0.05, 0.1) is 4.47 Å². The molecular weight excluding hydrogens is 257 g/mol. The van der Waals surface area contributed by atoms with E-state index >= 15 is 0 Å². The first kappa shape index (κ1) is 11.1. The Kier molecular flexibility index (Phi) is 3.42. The molecule has 1 saturated heterocycles. The molecule has 82 valence electrons. The Hall–Kier alpha value is -0.410. The molecule has 1 unspecified atom stereocenters. The molecule has 1 aromatic carbocycles. The van der Waals surface area contributed by atoms with Gasteiger partial charge in [-0.2, -0.15) is 0 Å². The maximum absolute atomic E-state index is 13.4. The van der Waals surface area contributed by atoms with Crippen LogP contribution in [-0.4, -0.2) is 6.54 Å². The third-order valence-corrected chi connectivity index (χ3v) is 3.52. The average Bonchev–Trinajstić information content (AvgIpc) is 2.26. The minimum absolute atomic E-state index is 0.144. The molecule has 1 aromatic rings. The van der Waals surface area contributed by atoms with E-state index in [1.54, 1.807) is 0 Å². The van der Waals surface area contributed by atoms with Crippen LogP contribution in [0.4, 0.5) is 4.39 Å². The zero-order chi connectivity index (χ0) is 10.8. The van der Waals surface area contributed by atoms with E-state index in [0.717, 1.165) is 13.0 Å². The van der Waals surface area contributed by atoms with Gasteiger partial charge in [0.15, 0.2) is 0 Å². The minimum atomic E-state index is -0.144. The summed E-state index contributed by atoms with van der Waals surface area (Å²) in [7, 11) is 0. The minimum Gasteiger partial charge on any atom is -0.310 e. The lowest BCUT2D eigenvalue weighted by molar-refractivity contribution is 0.411. The molecule has 3 heteroatoms. The third-order valence-electron chi connectivity index (χ3n) is 2.95. The van der Waals surface area contributed by atoms with Crippen LogP contribution in [0, 0.1) is 12.7 Å². The fraction of sp³-hybridized carbons (Fsp3) is 0.500. The summed E-state index contributed by atoms with van der Waals surface area (Å²) in [4.78, 5) is 0. The average molecular weight is 272 g/mol. The summed E-state index contributed by atoms with van der Waals surface area (Å²) in [6.45, 7) is 2.88. The van der Waals surface area contributed by atoms with Gasteiger partial charge in [0.1, 0.15) is 5.82 Å². The Balaban J connectivity index is 2.27. The first-order valence-corrected chi connectivity index (χ1v) is 6.16. The summed E-state index contributed by atoms with van der Waals surface area (Å²) in [6.07, 6.45) is 3.65. The Bertz CT molecular complexity index is 336. The molecule has 1 aliphatic rings. The summed E-state index contributed by atoms with van der Waals surface area (Å²) in [5.41, 5.74) is 1.91. The molecule has 0 aliphatic carbocycles. The molecule has 1 aliphatic heterocycles. The van der Waals surface area contributed by atoms with Gasteiger partial charge in [-0.05, 0) is 59.4 Å². The van der Waals surface area contributed by atoms with Crippen molar-refractivity contribution in [2.75, 3.05) is 6.54 Å². The van der Waals surface area contributed by atoms with Crippen molar-refractivity contribution in [1.29, 1.82) is 0 Å². The van der Waals surface area contributed by atoms with Crippen LogP contribution in [0.25, 0.3) is 0 Å². The van der Waals surface area contributed by atoms with Gasteiger partial charge in [0.2, 0.25) is 0 Å². The standard InChI is InChI=1S/C12H15BrFN/c1-8-6-9(7-10(13)12(8)14)11-4-2-3-5-15-11/h6-7,11,15H,2-5H2,1H3. The molecule has 0 aromatic heterocycles. The van der Waals surface area contributed by atoms with Gasteiger partial charge in [-0.1, -0.05) is 12.5 Å². The Morgan fingerprint density at radius 1 is 1.40 bits per heavy atom. The van der Waals surface area contributed by atoms with E-state index in [1.165, 1.54) is 18.4 Å². The highest BCUT2D eigenvalue weighted by Crippen LogP contribution is 2.28. The zero-order valence-electron chi connectivity index (χ0n) is 8.82. The van der Waals surface area contributed by atoms with Gasteiger partial charge in [0, 0.05) is 6.04 Å². The lowest BCUT2D eigenvalue weighted by Crippen LogP contribution is -2.26. The maximum atomic E-state index is 13.4. The van der Waals surface area contributed by atoms with E-state index in [1.807, 2.05) is 19.1 Å². The topological polar surface area (TPSA) is 12.0 Å². The molecule has 1 fully saturated rings. The molecule has 0 radical (unpaired) electrons. The smallest absolute Gasteiger partial charge is 0.140 e. The van der Waals surface area contributed by atoms with Crippen LogP contribution < -0.4 is 5.32 Å². The second-order valence-electron chi connectivity index (χ2n) is 4.14. The van der Waals surface area contributed by atoms with Crippen molar-refractivity contribution < 1.29 is 4.39 Å². The number of halogens is 2. The molecule has 1 N–H and O–H groups in total. The maximum Gasteiger partial charge on any atom is 0.140 e. The monoisotopic (exact) mass is 271 g/mol. The molecule has 2 rings (SSSR count). The van der Waals surface area contributed by atoms with Gasteiger partial charge in [-0.15, -0.1) is 0 Å². The fourth-order valence-corrected chi connectivity index (χ4v) is 2.67. The Morgan fingerprint density at radius 3 is 2.80 bits per heavy atom. The van der Waals surface area contributed by atoms with Gasteiger partial charge in [-0.25, -0.2) is 4.39 Å². The molecule has 1 heterocycles. The van der Waals surface area contributed by atoms with Crippen molar-refractivity contribution in [3.8, 4) is 0 Å². The van der Waals surface area contributed by atoms with E-state index in [0.29, 0.717) is 16.1 Å². The Morgan fingerprint density at radius 2 is 2.20 bits per heavy atom. The summed E-state index contributed by atoms with van der Waals surface area (Å²) < 4.78 is 14.0. The molecular formula is C12H15BrFN. The van der Waals surface area contributed by atoms with Gasteiger partial charge >= 0.3 is 0 Å². The van der Waals surface area contributed by atoms with E-state index < -0.39 is 0 Å². The highest BCUT2D eigenvalue weighted by atomic mass is 79.9. The summed E-state index contributed by atoms with van der Waals surface area (Å²) in [5, 5.41) is 3.47. The van der Waals surface area contributed by atoms with Crippen molar-refractivity contribution in [3.63, 3.8) is 0 Å². The van der Waals surface area contributed by atoms with Crippen molar-refractivity contribution in [2.24, 2.45) is 0 Å². The van der Waals surface area contributed by atoms with Crippen LogP contribution in [0.2, 0.25) is 0 Å². The van der Waals surface area contributed by atoms with Crippen LogP contribution in [-0.2, 0) is 0 Å². The summed E-state index contributed by atoms with van der Waals surface area (Å²) in [6, 6.07) is 4.24. The number of aryl methyl sites for hydroxylation is 1. The lowest BCUT2D eigenvalue weighted by Gasteiger charge is -2.24. The normalized spacial score (nSPS) is 21.7. The van der Waals surface area contributed by atoms with Crippen LogP contribution in [0.1, 0.15) is 36.4 Å². The highest BCUT2D eigenvalue weighted by Gasteiger charge is 2.16. The summed E-state index contributed by atoms with van der Waals surface area (Å²) in [5.74, 6) is -0.144. The van der Waals surface area contributed by atoms with E-state index in [-0.39, 0.29) is 5.82 Å². The van der Waals surface area contributed by atoms with E-state index in [4.69, 9.17) is 0 Å². The number of nitrogens with one attached hydrogen (secondary N) is 1. The van der Waals surface area contributed by atoms with Crippen LogP contribution in [0.3, 0.4) is 0 Å². The largest absolute Gasteiger partial charge is 0.310 e. The molecule has 15 heavy (non-hydrogen) atoms. The van der Waals surface area contributed by atoms with Gasteiger partial charge in [-0.3, -0.25) is 0 Å². The van der Waals surface area contributed by atoms with Crippen LogP contribution >= 0.6 is 15.9 Å². The lowest BCUT2D eigenvalue weighted by atomic mass is 9.96. The molecule has 1 nitrogen and oxygen atoms in total. The second kappa shape index (κ2) is 4.62. The van der Waals surface area contributed by atoms with Crippen molar-refractivity contribution >= 4 is 15.9 Å². The number of rotatable bonds is 1. The van der Waals surface area contributed by atoms with E-state index in [9.17, 15) is 4.39 Å². The SMILES string of the molecule is Cc1cc(C2CCCCN2)cc(Br)c1F.